The number of hydrogen-bond acceptors (Lipinski definition) is 6. The lowest BCUT2D eigenvalue weighted by Gasteiger charge is -2.34. The minimum atomic E-state index is -0.523. The molecular formula is C26H42N6O3. The maximum absolute atomic E-state index is 13.3. The number of aryl methyl sites for hydroxylation is 1. The second kappa shape index (κ2) is 11.2. The number of nitrogens with zero attached hydrogens (tertiary/aromatic N) is 6. The zero-order valence-electron chi connectivity index (χ0n) is 21.6. The Bertz CT molecular complexity index is 1040. The minimum Gasteiger partial charge on any atom is -0.390 e. The number of carbonyl (C=O) groups excluding carboxylic acids is 1. The summed E-state index contributed by atoms with van der Waals surface area (Å²) in [5.74, 6) is 2.53. The van der Waals surface area contributed by atoms with E-state index in [2.05, 4.69) is 22.4 Å². The summed E-state index contributed by atoms with van der Waals surface area (Å²) in [5, 5.41) is 22.6. The van der Waals surface area contributed by atoms with Gasteiger partial charge in [-0.3, -0.25) is 9.48 Å². The lowest BCUT2D eigenvalue weighted by atomic mass is 9.72. The Morgan fingerprint density at radius 2 is 1.83 bits per heavy atom. The van der Waals surface area contributed by atoms with Crippen LogP contribution in [0.1, 0.15) is 90.9 Å². The summed E-state index contributed by atoms with van der Waals surface area (Å²) in [5.41, 5.74) is -0.939. The third-order valence-corrected chi connectivity index (χ3v) is 8.64. The highest BCUT2D eigenvalue weighted by molar-refractivity contribution is 5.80. The second-order valence-electron chi connectivity index (χ2n) is 11.4. The first-order valence-electron chi connectivity index (χ1n) is 13.5. The molecule has 2 aromatic heterocycles. The number of aliphatic hydroxyl groups is 1. The summed E-state index contributed by atoms with van der Waals surface area (Å²) in [4.78, 5) is 26.1. The fraction of sp³-hybridized carbons (Fsp3) is 0.808. The van der Waals surface area contributed by atoms with Gasteiger partial charge in [-0.15, -0.1) is 4.68 Å². The molecule has 9 heteroatoms. The van der Waals surface area contributed by atoms with Crippen molar-refractivity contribution in [3.63, 3.8) is 0 Å². The van der Waals surface area contributed by atoms with Crippen molar-refractivity contribution < 1.29 is 9.90 Å². The third-order valence-electron chi connectivity index (χ3n) is 8.64. The molecule has 9 nitrogen and oxygen atoms in total. The minimum absolute atomic E-state index is 0.0301. The van der Waals surface area contributed by atoms with Gasteiger partial charge in [0.05, 0.1) is 11.8 Å². The van der Waals surface area contributed by atoms with Crippen LogP contribution in [0.25, 0.3) is 5.82 Å². The van der Waals surface area contributed by atoms with E-state index in [1.54, 1.807) is 24.0 Å². The maximum Gasteiger partial charge on any atom is 0.370 e. The predicted octanol–water partition coefficient (Wildman–Crippen LogP) is 3.68. The average molecular weight is 487 g/mol. The normalized spacial score (nSPS) is 31.1. The van der Waals surface area contributed by atoms with E-state index in [-0.39, 0.29) is 18.2 Å². The topological polar surface area (TPSA) is 108 Å². The smallest absolute Gasteiger partial charge is 0.370 e. The van der Waals surface area contributed by atoms with Crippen LogP contribution in [0.5, 0.6) is 0 Å². The SMILES string of the molecule is C[C@H]1CC[C@H](C(=O)Cn2nnn(-c3ccnn3C)c2=O)CCC[C@@H]2CCC[C@@](C)(O)CCCC[C@H]21. The Morgan fingerprint density at radius 3 is 2.60 bits per heavy atom. The van der Waals surface area contributed by atoms with E-state index in [1.807, 2.05) is 6.92 Å². The number of fused-ring (bicyclic) bond motifs is 1. The van der Waals surface area contributed by atoms with Crippen LogP contribution in [0.4, 0.5) is 0 Å². The molecule has 5 atom stereocenters. The van der Waals surface area contributed by atoms with Gasteiger partial charge < -0.3 is 5.11 Å². The lowest BCUT2D eigenvalue weighted by molar-refractivity contribution is -0.124. The van der Waals surface area contributed by atoms with Gasteiger partial charge in [-0.1, -0.05) is 45.4 Å². The van der Waals surface area contributed by atoms with E-state index in [0.29, 0.717) is 23.6 Å². The maximum atomic E-state index is 13.3. The predicted molar refractivity (Wildman–Crippen MR) is 133 cm³/mol. The molecule has 4 rings (SSSR count). The molecule has 2 aromatic rings. The van der Waals surface area contributed by atoms with Gasteiger partial charge in [0.1, 0.15) is 6.54 Å². The summed E-state index contributed by atoms with van der Waals surface area (Å²) in [6.07, 6.45) is 14.1. The zero-order chi connectivity index (χ0) is 25.0. The Morgan fingerprint density at radius 1 is 1.06 bits per heavy atom. The molecule has 0 amide bonds. The van der Waals surface area contributed by atoms with Crippen molar-refractivity contribution >= 4 is 5.78 Å². The number of aromatic nitrogens is 6. The van der Waals surface area contributed by atoms with Gasteiger partial charge in [0.25, 0.3) is 0 Å². The monoisotopic (exact) mass is 486 g/mol. The van der Waals surface area contributed by atoms with Crippen LogP contribution in [0.2, 0.25) is 0 Å². The van der Waals surface area contributed by atoms with E-state index >= 15 is 0 Å². The van der Waals surface area contributed by atoms with Gasteiger partial charge in [0.2, 0.25) is 0 Å². The summed E-state index contributed by atoms with van der Waals surface area (Å²) < 4.78 is 3.92. The van der Waals surface area contributed by atoms with Crippen molar-refractivity contribution in [2.45, 2.75) is 103 Å². The summed E-state index contributed by atoms with van der Waals surface area (Å²) in [6.45, 7) is 4.34. The molecule has 0 radical (unpaired) electrons. The molecule has 194 valence electrons. The van der Waals surface area contributed by atoms with Gasteiger partial charge >= 0.3 is 5.69 Å². The van der Waals surface area contributed by atoms with E-state index in [9.17, 15) is 14.7 Å². The molecule has 0 aliphatic heterocycles. The van der Waals surface area contributed by atoms with Crippen LogP contribution >= 0.6 is 0 Å². The fourth-order valence-electron chi connectivity index (χ4n) is 6.45. The summed E-state index contributed by atoms with van der Waals surface area (Å²) in [7, 11) is 1.73. The Balaban J connectivity index is 1.41. The number of tetrazole rings is 1. The molecule has 0 unspecified atom stereocenters. The van der Waals surface area contributed by atoms with Crippen molar-refractivity contribution in [3.05, 3.63) is 22.7 Å². The highest BCUT2D eigenvalue weighted by Crippen LogP contribution is 2.40. The van der Waals surface area contributed by atoms with Gasteiger partial charge in [-0.05, 0) is 73.6 Å². The van der Waals surface area contributed by atoms with Crippen LogP contribution in [0.15, 0.2) is 17.1 Å². The van der Waals surface area contributed by atoms with Gasteiger partial charge in [-0.25, -0.2) is 4.79 Å². The molecule has 35 heavy (non-hydrogen) atoms. The first kappa shape index (κ1) is 25.8. The molecule has 2 fully saturated rings. The Kier molecular flexibility index (Phi) is 8.24. The highest BCUT2D eigenvalue weighted by atomic mass is 16.3. The van der Waals surface area contributed by atoms with Crippen molar-refractivity contribution in [3.8, 4) is 5.82 Å². The molecule has 0 spiro atoms. The Hall–Kier alpha value is -2.29. The molecule has 2 aliphatic carbocycles. The van der Waals surface area contributed by atoms with Crippen molar-refractivity contribution in [2.75, 3.05) is 0 Å². The number of carbonyl (C=O) groups is 1. The molecule has 0 saturated heterocycles. The van der Waals surface area contributed by atoms with E-state index in [4.69, 9.17) is 0 Å². The molecule has 0 bridgehead atoms. The average Bonchev–Trinajstić information content (AvgIpc) is 3.40. The molecule has 1 N–H and O–H groups in total. The van der Waals surface area contributed by atoms with E-state index in [1.165, 1.54) is 28.6 Å². The quantitative estimate of drug-likeness (QED) is 0.706. The lowest BCUT2D eigenvalue weighted by Crippen LogP contribution is -2.30. The number of rotatable bonds is 4. The third kappa shape index (κ3) is 6.29. The first-order chi connectivity index (χ1) is 16.7. The molecule has 2 aliphatic rings. The zero-order valence-corrected chi connectivity index (χ0v) is 21.6. The fourth-order valence-corrected chi connectivity index (χ4v) is 6.45. The van der Waals surface area contributed by atoms with Gasteiger partial charge in [0.15, 0.2) is 11.6 Å². The summed E-state index contributed by atoms with van der Waals surface area (Å²) >= 11 is 0. The first-order valence-corrected chi connectivity index (χ1v) is 13.5. The number of ketones is 1. The van der Waals surface area contributed by atoms with Crippen molar-refractivity contribution in [2.24, 2.45) is 30.7 Å². The molecule has 2 heterocycles. The standard InChI is InChI=1S/C26H42N6O3/c1-19-12-13-21(9-6-8-20-10-7-16-26(2,35)15-5-4-11-22(19)20)23(33)18-31-25(34)32(29-28-31)24-14-17-27-30(24)3/h14,17,19-22,35H,4-13,15-16,18H2,1-3H3/t19-,20+,21+,22-,26-/m0/s1. The molecular weight excluding hydrogens is 444 g/mol. The van der Waals surface area contributed by atoms with Crippen LogP contribution in [-0.4, -0.2) is 46.1 Å². The van der Waals surface area contributed by atoms with Gasteiger partial charge in [0, 0.05) is 19.0 Å². The summed E-state index contributed by atoms with van der Waals surface area (Å²) in [6, 6.07) is 1.69. The highest BCUT2D eigenvalue weighted by Gasteiger charge is 2.32. The van der Waals surface area contributed by atoms with Crippen molar-refractivity contribution in [1.82, 2.24) is 29.6 Å². The van der Waals surface area contributed by atoms with E-state index < -0.39 is 11.3 Å². The van der Waals surface area contributed by atoms with Crippen LogP contribution in [0.3, 0.4) is 0 Å². The van der Waals surface area contributed by atoms with Crippen LogP contribution < -0.4 is 5.69 Å². The molecule has 0 aromatic carbocycles. The van der Waals surface area contributed by atoms with Crippen LogP contribution in [-0.2, 0) is 18.4 Å². The van der Waals surface area contributed by atoms with E-state index in [0.717, 1.165) is 57.8 Å². The second-order valence-corrected chi connectivity index (χ2v) is 11.4. The number of hydrogen-bond donors (Lipinski definition) is 1. The Labute approximate surface area is 207 Å². The van der Waals surface area contributed by atoms with Gasteiger partial charge in [-0.2, -0.15) is 9.78 Å². The van der Waals surface area contributed by atoms with Crippen molar-refractivity contribution in [1.29, 1.82) is 0 Å². The molecule has 2 saturated carbocycles. The van der Waals surface area contributed by atoms with Crippen LogP contribution in [0, 0.1) is 23.7 Å². The number of Topliss-reactive ketones (excluding diaryl/α,β-unsaturated/α-hetero) is 1. The largest absolute Gasteiger partial charge is 0.390 e.